The van der Waals surface area contributed by atoms with Crippen LogP contribution in [0.25, 0.3) is 11.0 Å². The molecule has 0 spiro atoms. The molecule has 0 amide bonds. The highest BCUT2D eigenvalue weighted by Crippen LogP contribution is 2.38. The maximum atomic E-state index is 4.47. The minimum Gasteiger partial charge on any atom is -0.366 e. The maximum absolute atomic E-state index is 4.47. The highest BCUT2D eigenvalue weighted by Gasteiger charge is 2.36. The molecule has 2 atom stereocenters. The minimum absolute atomic E-state index is 0.558. The number of hydrogen-bond acceptors (Lipinski definition) is 5. The average Bonchev–Trinajstić information content (AvgIpc) is 2.92. The van der Waals surface area contributed by atoms with Crippen molar-refractivity contribution in [2.75, 3.05) is 17.7 Å². The standard InChI is InChI=1S/C12H18N6/c1-3-4-7-5-9(7)15-10-8-6-14-18-11(8)17-12(13-2)16-10/h6-7,9H,3-5H2,1-2H3,(H3,13,14,15,16,17,18). The van der Waals surface area contributed by atoms with Gasteiger partial charge in [0.25, 0.3) is 0 Å². The third-order valence-electron chi connectivity index (χ3n) is 3.44. The summed E-state index contributed by atoms with van der Waals surface area (Å²) in [6.45, 7) is 2.23. The molecule has 1 aliphatic rings. The molecule has 0 aromatic carbocycles. The monoisotopic (exact) mass is 246 g/mol. The van der Waals surface area contributed by atoms with E-state index in [4.69, 9.17) is 0 Å². The number of rotatable bonds is 5. The minimum atomic E-state index is 0.558. The first-order valence-electron chi connectivity index (χ1n) is 6.47. The van der Waals surface area contributed by atoms with Crippen LogP contribution in [0.3, 0.4) is 0 Å². The van der Waals surface area contributed by atoms with Gasteiger partial charge in [0.2, 0.25) is 5.95 Å². The Morgan fingerprint density at radius 2 is 2.33 bits per heavy atom. The van der Waals surface area contributed by atoms with Crippen molar-refractivity contribution in [3.05, 3.63) is 6.20 Å². The number of fused-ring (bicyclic) bond motifs is 1. The second-order valence-electron chi connectivity index (χ2n) is 4.81. The Morgan fingerprint density at radius 1 is 1.44 bits per heavy atom. The molecule has 1 fully saturated rings. The molecule has 1 saturated carbocycles. The van der Waals surface area contributed by atoms with Crippen LogP contribution in [0.5, 0.6) is 0 Å². The fraction of sp³-hybridized carbons (Fsp3) is 0.583. The predicted molar refractivity (Wildman–Crippen MR) is 71.7 cm³/mol. The average molecular weight is 246 g/mol. The lowest BCUT2D eigenvalue weighted by Gasteiger charge is -2.07. The number of hydrogen-bond donors (Lipinski definition) is 3. The Morgan fingerprint density at radius 3 is 3.11 bits per heavy atom. The lowest BCUT2D eigenvalue weighted by atomic mass is 10.2. The van der Waals surface area contributed by atoms with Gasteiger partial charge in [-0.05, 0) is 18.8 Å². The quantitative estimate of drug-likeness (QED) is 0.752. The number of anilines is 2. The third kappa shape index (κ3) is 1.98. The van der Waals surface area contributed by atoms with E-state index < -0.39 is 0 Å². The molecule has 2 unspecified atom stereocenters. The molecular formula is C12H18N6. The van der Waals surface area contributed by atoms with Crippen molar-refractivity contribution in [2.45, 2.75) is 32.2 Å². The molecule has 18 heavy (non-hydrogen) atoms. The van der Waals surface area contributed by atoms with Crippen LogP contribution in [-0.2, 0) is 0 Å². The van der Waals surface area contributed by atoms with Crippen LogP contribution in [0, 0.1) is 5.92 Å². The summed E-state index contributed by atoms with van der Waals surface area (Å²) in [4.78, 5) is 8.79. The fourth-order valence-corrected chi connectivity index (χ4v) is 2.35. The van der Waals surface area contributed by atoms with Crippen molar-refractivity contribution in [1.29, 1.82) is 0 Å². The van der Waals surface area contributed by atoms with E-state index in [0.717, 1.165) is 22.8 Å². The first-order valence-corrected chi connectivity index (χ1v) is 6.47. The number of nitrogens with zero attached hydrogens (tertiary/aromatic N) is 3. The van der Waals surface area contributed by atoms with E-state index in [9.17, 15) is 0 Å². The summed E-state index contributed by atoms with van der Waals surface area (Å²) in [5, 5.41) is 14.3. The highest BCUT2D eigenvalue weighted by molar-refractivity contribution is 5.87. The number of H-pyrrole nitrogens is 1. The smallest absolute Gasteiger partial charge is 0.226 e. The first-order chi connectivity index (χ1) is 8.81. The molecule has 3 N–H and O–H groups in total. The van der Waals surface area contributed by atoms with Gasteiger partial charge in [-0.25, -0.2) is 0 Å². The van der Waals surface area contributed by atoms with Gasteiger partial charge in [0.15, 0.2) is 5.65 Å². The van der Waals surface area contributed by atoms with Crippen LogP contribution in [0.2, 0.25) is 0 Å². The van der Waals surface area contributed by atoms with Gasteiger partial charge < -0.3 is 10.6 Å². The van der Waals surface area contributed by atoms with E-state index >= 15 is 0 Å². The molecule has 2 aromatic heterocycles. The lowest BCUT2D eigenvalue weighted by molar-refractivity contribution is 0.692. The Labute approximate surface area is 106 Å². The maximum Gasteiger partial charge on any atom is 0.226 e. The lowest BCUT2D eigenvalue weighted by Crippen LogP contribution is -2.08. The molecule has 96 valence electrons. The molecule has 2 aromatic rings. The summed E-state index contributed by atoms with van der Waals surface area (Å²) >= 11 is 0. The Hall–Kier alpha value is -1.85. The van der Waals surface area contributed by atoms with Gasteiger partial charge in [-0.2, -0.15) is 15.1 Å². The SMILES string of the molecule is CCCC1CC1Nc1nc(NC)nc2[nH]ncc12. The number of aromatic nitrogens is 4. The van der Waals surface area contributed by atoms with Crippen LogP contribution >= 0.6 is 0 Å². The van der Waals surface area contributed by atoms with E-state index in [1.165, 1.54) is 19.3 Å². The molecule has 0 aliphatic heterocycles. The normalized spacial score (nSPS) is 22.1. The second kappa shape index (κ2) is 4.44. The molecule has 2 heterocycles. The largest absolute Gasteiger partial charge is 0.366 e. The van der Waals surface area contributed by atoms with Crippen LogP contribution in [0.1, 0.15) is 26.2 Å². The first kappa shape index (κ1) is 11.3. The molecule has 6 nitrogen and oxygen atoms in total. The zero-order valence-corrected chi connectivity index (χ0v) is 10.7. The Balaban J connectivity index is 1.84. The summed E-state index contributed by atoms with van der Waals surface area (Å²) in [5.41, 5.74) is 0.768. The van der Waals surface area contributed by atoms with Gasteiger partial charge >= 0.3 is 0 Å². The van der Waals surface area contributed by atoms with Gasteiger partial charge in [-0.1, -0.05) is 13.3 Å². The Kier molecular flexibility index (Phi) is 2.77. The van der Waals surface area contributed by atoms with Gasteiger partial charge in [0.05, 0.1) is 11.6 Å². The second-order valence-corrected chi connectivity index (χ2v) is 4.81. The van der Waals surface area contributed by atoms with Gasteiger partial charge in [0, 0.05) is 13.1 Å². The zero-order chi connectivity index (χ0) is 12.5. The Bertz CT molecular complexity index is 548. The van der Waals surface area contributed by atoms with Crippen molar-refractivity contribution in [3.63, 3.8) is 0 Å². The van der Waals surface area contributed by atoms with E-state index in [2.05, 4.69) is 37.7 Å². The van der Waals surface area contributed by atoms with E-state index in [1.54, 1.807) is 6.20 Å². The molecule has 3 rings (SSSR count). The number of aromatic amines is 1. The van der Waals surface area contributed by atoms with Gasteiger partial charge in [-0.3, -0.25) is 5.10 Å². The summed E-state index contributed by atoms with van der Waals surface area (Å²) in [6, 6.07) is 0.558. The molecule has 6 heteroatoms. The summed E-state index contributed by atoms with van der Waals surface area (Å²) in [6.07, 6.45) is 5.55. The van der Waals surface area contributed by atoms with Crippen molar-refractivity contribution in [2.24, 2.45) is 5.92 Å². The van der Waals surface area contributed by atoms with E-state index in [-0.39, 0.29) is 0 Å². The van der Waals surface area contributed by atoms with Crippen LogP contribution in [0.4, 0.5) is 11.8 Å². The van der Waals surface area contributed by atoms with Crippen molar-refractivity contribution >= 4 is 22.8 Å². The summed E-state index contributed by atoms with van der Waals surface area (Å²) < 4.78 is 0. The molecule has 0 saturated heterocycles. The van der Waals surface area contributed by atoms with Crippen molar-refractivity contribution in [1.82, 2.24) is 20.2 Å². The van der Waals surface area contributed by atoms with Gasteiger partial charge in [0.1, 0.15) is 5.82 Å². The number of nitrogens with one attached hydrogen (secondary N) is 3. The molecule has 1 aliphatic carbocycles. The summed E-state index contributed by atoms with van der Waals surface area (Å²) in [7, 11) is 1.82. The van der Waals surface area contributed by atoms with Crippen molar-refractivity contribution < 1.29 is 0 Å². The van der Waals surface area contributed by atoms with Crippen LogP contribution in [0.15, 0.2) is 6.20 Å². The van der Waals surface area contributed by atoms with E-state index in [1.807, 2.05) is 7.05 Å². The highest BCUT2D eigenvalue weighted by atomic mass is 15.2. The zero-order valence-electron chi connectivity index (χ0n) is 10.7. The van der Waals surface area contributed by atoms with Gasteiger partial charge in [-0.15, -0.1) is 0 Å². The molecule has 0 radical (unpaired) electrons. The molecule has 0 bridgehead atoms. The van der Waals surface area contributed by atoms with E-state index in [0.29, 0.717) is 12.0 Å². The predicted octanol–water partition coefficient (Wildman–Crippen LogP) is 2.00. The third-order valence-corrected chi connectivity index (χ3v) is 3.44. The van der Waals surface area contributed by atoms with Crippen LogP contribution < -0.4 is 10.6 Å². The fourth-order valence-electron chi connectivity index (χ4n) is 2.35. The molecular weight excluding hydrogens is 228 g/mol. The summed E-state index contributed by atoms with van der Waals surface area (Å²) in [5.74, 6) is 2.29. The van der Waals surface area contributed by atoms with Crippen LogP contribution in [-0.4, -0.2) is 33.3 Å². The topological polar surface area (TPSA) is 78.5 Å². The van der Waals surface area contributed by atoms with Crippen molar-refractivity contribution in [3.8, 4) is 0 Å².